The van der Waals surface area contributed by atoms with Crippen LogP contribution in [0.3, 0.4) is 0 Å². The topological polar surface area (TPSA) is 101 Å². The number of carbonyl (C=O) groups excluding carboxylic acids is 1. The summed E-state index contributed by atoms with van der Waals surface area (Å²) in [5, 5.41) is 4.85. The van der Waals surface area contributed by atoms with Gasteiger partial charge in [-0.15, -0.1) is 0 Å². The third-order valence-electron chi connectivity index (χ3n) is 1.80. The molecule has 0 aliphatic heterocycles. The molecule has 7 nitrogen and oxygen atoms in total. The van der Waals surface area contributed by atoms with Crippen LogP contribution in [-0.2, 0) is 14.8 Å². The highest BCUT2D eigenvalue weighted by Crippen LogP contribution is 2.13. The summed E-state index contributed by atoms with van der Waals surface area (Å²) in [6.45, 7) is 0.540. The molecule has 0 saturated carbocycles. The molecule has 0 fully saturated rings. The Morgan fingerprint density at radius 1 is 1.61 bits per heavy atom. The maximum atomic E-state index is 11.9. The van der Waals surface area contributed by atoms with Crippen LogP contribution in [0.5, 0.6) is 0 Å². The molecule has 1 aromatic heterocycles. The minimum absolute atomic E-state index is 0.0496. The summed E-state index contributed by atoms with van der Waals surface area (Å²) in [6, 6.07) is 0. The third kappa shape index (κ3) is 3.47. The van der Waals surface area contributed by atoms with Crippen molar-refractivity contribution < 1.29 is 26.7 Å². The van der Waals surface area contributed by atoms with Crippen molar-refractivity contribution in [1.82, 2.24) is 14.9 Å². The molecule has 2 N–H and O–H groups in total. The normalized spacial score (nSPS) is 11.8. The number of hydrogen-bond donors (Lipinski definition) is 2. The number of carbonyl (C=O) groups is 1. The van der Waals surface area contributed by atoms with E-state index in [1.807, 2.05) is 0 Å². The Bertz CT molecular complexity index is 514. The summed E-state index contributed by atoms with van der Waals surface area (Å²) in [6.07, 6.45) is -1.89. The number of hydrogen-bond acceptors (Lipinski definition) is 5. The van der Waals surface area contributed by atoms with Crippen molar-refractivity contribution in [3.63, 3.8) is 0 Å². The first kappa shape index (κ1) is 14.5. The van der Waals surface area contributed by atoms with Gasteiger partial charge in [0.05, 0.1) is 19.3 Å². The largest absolute Gasteiger partial charge is 0.462 e. The molecule has 0 atom stereocenters. The Labute approximate surface area is 102 Å². The van der Waals surface area contributed by atoms with Crippen LogP contribution in [0.25, 0.3) is 0 Å². The Kier molecular flexibility index (Phi) is 4.73. The standard InChI is InChI=1S/C8H11F2N3O4S/c1-2-17-8(14)5-3-11-13-7(5)18(15,16)12-4-6(9)10/h3,6,12H,2,4H2,1H3,(H,11,13). The van der Waals surface area contributed by atoms with E-state index in [0.717, 1.165) is 6.20 Å². The number of rotatable bonds is 6. The predicted octanol–water partition coefficient (Wildman–Crippen LogP) is 0.130. The van der Waals surface area contributed by atoms with E-state index in [1.54, 1.807) is 11.6 Å². The van der Waals surface area contributed by atoms with E-state index >= 15 is 0 Å². The highest BCUT2D eigenvalue weighted by molar-refractivity contribution is 7.89. The fourth-order valence-corrected chi connectivity index (χ4v) is 2.17. The molecule has 18 heavy (non-hydrogen) atoms. The zero-order chi connectivity index (χ0) is 13.8. The van der Waals surface area contributed by atoms with Crippen LogP contribution < -0.4 is 4.72 Å². The molecular formula is C8H11F2N3O4S. The lowest BCUT2D eigenvalue weighted by atomic mass is 10.4. The number of aromatic amines is 1. The predicted molar refractivity (Wildman–Crippen MR) is 55.7 cm³/mol. The Morgan fingerprint density at radius 3 is 2.83 bits per heavy atom. The van der Waals surface area contributed by atoms with E-state index in [4.69, 9.17) is 0 Å². The number of alkyl halides is 2. The number of ether oxygens (including phenoxy) is 1. The van der Waals surface area contributed by atoms with Gasteiger partial charge in [0.25, 0.3) is 16.4 Å². The van der Waals surface area contributed by atoms with Gasteiger partial charge in [0.2, 0.25) is 0 Å². The minimum atomic E-state index is -4.25. The molecule has 0 spiro atoms. The van der Waals surface area contributed by atoms with Crippen molar-refractivity contribution in [1.29, 1.82) is 0 Å². The van der Waals surface area contributed by atoms with Gasteiger partial charge in [0, 0.05) is 0 Å². The molecule has 102 valence electrons. The zero-order valence-electron chi connectivity index (χ0n) is 9.31. The minimum Gasteiger partial charge on any atom is -0.462 e. The van der Waals surface area contributed by atoms with Crippen LogP contribution in [0.1, 0.15) is 17.3 Å². The Hall–Kier alpha value is -1.55. The number of nitrogens with zero attached hydrogens (tertiary/aromatic N) is 1. The molecule has 0 unspecified atom stereocenters. The molecule has 10 heteroatoms. The van der Waals surface area contributed by atoms with Gasteiger partial charge in [0.15, 0.2) is 5.03 Å². The van der Waals surface area contributed by atoms with E-state index in [0.29, 0.717) is 0 Å². The van der Waals surface area contributed by atoms with Crippen molar-refractivity contribution in [2.24, 2.45) is 0 Å². The van der Waals surface area contributed by atoms with Crippen LogP contribution in [0.4, 0.5) is 8.78 Å². The van der Waals surface area contributed by atoms with E-state index in [-0.39, 0.29) is 12.2 Å². The van der Waals surface area contributed by atoms with Crippen molar-refractivity contribution in [3.8, 4) is 0 Å². The van der Waals surface area contributed by atoms with Crippen molar-refractivity contribution in [2.75, 3.05) is 13.2 Å². The smallest absolute Gasteiger partial charge is 0.342 e. The highest BCUT2D eigenvalue weighted by Gasteiger charge is 2.26. The van der Waals surface area contributed by atoms with Crippen molar-refractivity contribution in [2.45, 2.75) is 18.4 Å². The molecule has 1 rings (SSSR count). The number of halogens is 2. The number of aromatic nitrogens is 2. The molecule has 1 aromatic rings. The fraction of sp³-hybridized carbons (Fsp3) is 0.500. The molecule has 0 amide bonds. The number of esters is 1. The van der Waals surface area contributed by atoms with Crippen LogP contribution >= 0.6 is 0 Å². The maximum absolute atomic E-state index is 11.9. The van der Waals surface area contributed by atoms with Gasteiger partial charge < -0.3 is 4.74 Å². The van der Waals surface area contributed by atoms with Gasteiger partial charge in [-0.3, -0.25) is 5.10 Å². The lowest BCUT2D eigenvalue weighted by molar-refractivity contribution is 0.0522. The van der Waals surface area contributed by atoms with Gasteiger partial charge in [0.1, 0.15) is 5.56 Å². The Morgan fingerprint density at radius 2 is 2.28 bits per heavy atom. The summed E-state index contributed by atoms with van der Waals surface area (Å²) in [5.41, 5.74) is -0.335. The second-order valence-corrected chi connectivity index (χ2v) is 4.78. The van der Waals surface area contributed by atoms with E-state index in [1.165, 1.54) is 0 Å². The molecule has 0 saturated heterocycles. The monoisotopic (exact) mass is 283 g/mol. The first-order valence-corrected chi connectivity index (χ1v) is 6.35. The average Bonchev–Trinajstić information content (AvgIpc) is 2.76. The van der Waals surface area contributed by atoms with Crippen LogP contribution in [-0.4, -0.2) is 44.2 Å². The molecule has 0 radical (unpaired) electrons. The second-order valence-electron chi connectivity index (χ2n) is 3.08. The van der Waals surface area contributed by atoms with Crippen LogP contribution in [0, 0.1) is 0 Å². The van der Waals surface area contributed by atoms with Gasteiger partial charge in [-0.05, 0) is 6.92 Å². The van der Waals surface area contributed by atoms with Gasteiger partial charge in [-0.25, -0.2) is 26.7 Å². The van der Waals surface area contributed by atoms with Crippen molar-refractivity contribution in [3.05, 3.63) is 11.8 Å². The summed E-state index contributed by atoms with van der Waals surface area (Å²) >= 11 is 0. The summed E-state index contributed by atoms with van der Waals surface area (Å²) in [4.78, 5) is 11.4. The van der Waals surface area contributed by atoms with Crippen LogP contribution in [0.2, 0.25) is 0 Å². The van der Waals surface area contributed by atoms with E-state index in [9.17, 15) is 22.0 Å². The number of nitrogens with one attached hydrogen (secondary N) is 2. The molecule has 1 heterocycles. The molecule has 0 aliphatic carbocycles. The average molecular weight is 283 g/mol. The summed E-state index contributed by atoms with van der Waals surface area (Å²) in [7, 11) is -4.25. The van der Waals surface area contributed by atoms with Crippen LogP contribution in [0.15, 0.2) is 11.2 Å². The summed E-state index contributed by atoms with van der Waals surface area (Å²) < 4.78 is 53.3. The maximum Gasteiger partial charge on any atom is 0.342 e. The third-order valence-corrected chi connectivity index (χ3v) is 3.19. The Balaban J connectivity index is 2.96. The molecule has 0 aromatic carbocycles. The van der Waals surface area contributed by atoms with E-state index in [2.05, 4.69) is 14.9 Å². The van der Waals surface area contributed by atoms with Gasteiger partial charge >= 0.3 is 5.97 Å². The van der Waals surface area contributed by atoms with Gasteiger partial charge in [-0.1, -0.05) is 0 Å². The van der Waals surface area contributed by atoms with Crippen molar-refractivity contribution >= 4 is 16.0 Å². The molecular weight excluding hydrogens is 272 g/mol. The quantitative estimate of drug-likeness (QED) is 0.723. The number of sulfonamides is 1. The zero-order valence-corrected chi connectivity index (χ0v) is 10.1. The fourth-order valence-electron chi connectivity index (χ4n) is 1.08. The molecule has 0 aliphatic rings. The number of H-pyrrole nitrogens is 1. The first-order chi connectivity index (χ1) is 8.38. The SMILES string of the molecule is CCOC(=O)c1cn[nH]c1S(=O)(=O)NCC(F)F. The lowest BCUT2D eigenvalue weighted by Gasteiger charge is -2.06. The highest BCUT2D eigenvalue weighted by atomic mass is 32.2. The second kappa shape index (κ2) is 5.87. The first-order valence-electron chi connectivity index (χ1n) is 4.86. The van der Waals surface area contributed by atoms with E-state index < -0.39 is 34.0 Å². The molecule has 0 bridgehead atoms. The van der Waals surface area contributed by atoms with Gasteiger partial charge in [-0.2, -0.15) is 5.10 Å². The lowest BCUT2D eigenvalue weighted by Crippen LogP contribution is -2.30. The summed E-state index contributed by atoms with van der Waals surface area (Å²) in [5.74, 6) is -0.899.